The molecule has 0 rings (SSSR count). The summed E-state index contributed by atoms with van der Waals surface area (Å²) in [5.41, 5.74) is 0. The fourth-order valence-corrected chi connectivity index (χ4v) is 7.70. The monoisotopic (exact) mass is 766 g/mol. The van der Waals surface area contributed by atoms with E-state index >= 15 is 0 Å². The number of rotatable bonds is 44. The first-order valence-corrected chi connectivity index (χ1v) is 24.2. The van der Waals surface area contributed by atoms with Crippen molar-refractivity contribution in [3.8, 4) is 0 Å². The van der Waals surface area contributed by atoms with E-state index in [9.17, 15) is 14.7 Å². The third-order valence-corrected chi connectivity index (χ3v) is 11.3. The van der Waals surface area contributed by atoms with Gasteiger partial charge in [0.15, 0.2) is 0 Å². The lowest BCUT2D eigenvalue weighted by molar-refractivity contribution is -0.150. The van der Waals surface area contributed by atoms with Crippen LogP contribution in [-0.4, -0.2) is 60.9 Å². The van der Waals surface area contributed by atoms with Gasteiger partial charge in [0.2, 0.25) is 0 Å². The van der Waals surface area contributed by atoms with Crippen molar-refractivity contribution in [3.05, 3.63) is 0 Å². The number of carbonyl (C=O) groups excluding carboxylic acids is 2. The third kappa shape index (κ3) is 36.5. The minimum atomic E-state index is 0.0113. The van der Waals surface area contributed by atoms with Gasteiger partial charge in [-0.2, -0.15) is 0 Å². The molecule has 6 nitrogen and oxygen atoms in total. The van der Waals surface area contributed by atoms with E-state index in [2.05, 4.69) is 32.6 Å². The molecular formula is C48H95NO5. The van der Waals surface area contributed by atoms with Gasteiger partial charge in [-0.1, -0.05) is 182 Å². The van der Waals surface area contributed by atoms with Gasteiger partial charge in [0, 0.05) is 13.0 Å². The second-order valence-corrected chi connectivity index (χ2v) is 16.6. The minimum absolute atomic E-state index is 0.0113. The second kappa shape index (κ2) is 43.0. The first-order chi connectivity index (χ1) is 26.5. The summed E-state index contributed by atoms with van der Waals surface area (Å²) in [6.45, 7) is 12.6. The molecule has 0 aromatic carbocycles. The van der Waals surface area contributed by atoms with Gasteiger partial charge in [0.05, 0.1) is 19.1 Å². The molecule has 0 aliphatic heterocycles. The zero-order valence-electron chi connectivity index (χ0n) is 37.0. The summed E-state index contributed by atoms with van der Waals surface area (Å²) in [6, 6.07) is 0. The van der Waals surface area contributed by atoms with Crippen LogP contribution >= 0.6 is 0 Å². The first kappa shape index (κ1) is 52.9. The predicted molar refractivity (Wildman–Crippen MR) is 232 cm³/mol. The fraction of sp³-hybridized carbons (Fsp3) is 0.958. The number of esters is 2. The van der Waals surface area contributed by atoms with E-state index in [0.29, 0.717) is 13.0 Å². The van der Waals surface area contributed by atoms with Crippen LogP contribution in [0, 0.1) is 5.92 Å². The van der Waals surface area contributed by atoms with Crippen LogP contribution in [0.15, 0.2) is 0 Å². The van der Waals surface area contributed by atoms with Crippen molar-refractivity contribution in [1.82, 2.24) is 4.90 Å². The summed E-state index contributed by atoms with van der Waals surface area (Å²) in [4.78, 5) is 28.0. The Morgan fingerprint density at radius 1 is 0.463 bits per heavy atom. The van der Waals surface area contributed by atoms with Gasteiger partial charge in [0.1, 0.15) is 6.10 Å². The molecule has 0 spiro atoms. The second-order valence-electron chi connectivity index (χ2n) is 16.6. The van der Waals surface area contributed by atoms with E-state index < -0.39 is 0 Å². The molecule has 0 radical (unpaired) electrons. The van der Waals surface area contributed by atoms with Crippen LogP contribution in [0.1, 0.15) is 252 Å². The summed E-state index contributed by atoms with van der Waals surface area (Å²) in [7, 11) is 0. The average Bonchev–Trinajstić information content (AvgIpc) is 3.17. The number of hydrogen-bond acceptors (Lipinski definition) is 6. The third-order valence-electron chi connectivity index (χ3n) is 11.3. The van der Waals surface area contributed by atoms with Crippen LogP contribution in [0.25, 0.3) is 0 Å². The molecule has 0 saturated carbocycles. The van der Waals surface area contributed by atoms with Crippen molar-refractivity contribution in [2.75, 3.05) is 32.8 Å². The first-order valence-electron chi connectivity index (χ1n) is 24.2. The predicted octanol–water partition coefficient (Wildman–Crippen LogP) is 14.1. The molecule has 0 bridgehead atoms. The molecule has 0 aromatic rings. The molecule has 6 heteroatoms. The maximum Gasteiger partial charge on any atom is 0.308 e. The van der Waals surface area contributed by atoms with Crippen molar-refractivity contribution in [1.29, 1.82) is 0 Å². The molecule has 0 amide bonds. The van der Waals surface area contributed by atoms with Gasteiger partial charge in [-0.05, 0) is 77.3 Å². The number of hydrogen-bond donors (Lipinski definition) is 1. The summed E-state index contributed by atoms with van der Waals surface area (Å²) >= 11 is 0. The number of aliphatic hydroxyl groups excluding tert-OH is 1. The molecule has 54 heavy (non-hydrogen) atoms. The lowest BCUT2D eigenvalue weighted by Gasteiger charge is -2.21. The number of ether oxygens (including phenoxy) is 2. The van der Waals surface area contributed by atoms with Crippen LogP contribution in [-0.2, 0) is 19.1 Å². The van der Waals surface area contributed by atoms with Gasteiger partial charge >= 0.3 is 11.9 Å². The molecule has 2 unspecified atom stereocenters. The van der Waals surface area contributed by atoms with Crippen LogP contribution in [0.4, 0.5) is 0 Å². The summed E-state index contributed by atoms with van der Waals surface area (Å²) in [6.07, 6.45) is 40.9. The molecular weight excluding hydrogens is 671 g/mol. The molecule has 0 fully saturated rings. The Bertz CT molecular complexity index is 776. The van der Waals surface area contributed by atoms with Gasteiger partial charge < -0.3 is 19.5 Å². The zero-order chi connectivity index (χ0) is 39.6. The highest BCUT2D eigenvalue weighted by Gasteiger charge is 2.19. The van der Waals surface area contributed by atoms with E-state index in [-0.39, 0.29) is 30.6 Å². The van der Waals surface area contributed by atoms with E-state index in [1.807, 2.05) is 0 Å². The molecule has 2 atom stereocenters. The average molecular weight is 766 g/mol. The fourth-order valence-electron chi connectivity index (χ4n) is 7.70. The summed E-state index contributed by atoms with van der Waals surface area (Å²) < 4.78 is 11.8. The largest absolute Gasteiger partial charge is 0.465 e. The Kier molecular flexibility index (Phi) is 42.1. The van der Waals surface area contributed by atoms with Gasteiger partial charge in [-0.25, -0.2) is 0 Å². The molecule has 0 heterocycles. The Labute approximate surface area is 337 Å². The van der Waals surface area contributed by atoms with Crippen molar-refractivity contribution in [2.24, 2.45) is 5.92 Å². The van der Waals surface area contributed by atoms with Crippen LogP contribution in [0.2, 0.25) is 0 Å². The van der Waals surface area contributed by atoms with E-state index in [0.717, 1.165) is 103 Å². The van der Waals surface area contributed by atoms with Gasteiger partial charge in [-0.3, -0.25) is 9.59 Å². The molecule has 0 aliphatic rings. The minimum Gasteiger partial charge on any atom is -0.465 e. The highest BCUT2D eigenvalue weighted by atomic mass is 16.5. The lowest BCUT2D eigenvalue weighted by atomic mass is 9.94. The van der Waals surface area contributed by atoms with Crippen LogP contribution in [0.3, 0.4) is 0 Å². The smallest absolute Gasteiger partial charge is 0.308 e. The van der Waals surface area contributed by atoms with E-state index in [4.69, 9.17) is 9.47 Å². The topological polar surface area (TPSA) is 76.1 Å². The Hall–Kier alpha value is -1.14. The number of carbonyl (C=O) groups is 2. The normalized spacial score (nSPS) is 12.7. The van der Waals surface area contributed by atoms with E-state index in [1.54, 1.807) is 0 Å². The maximum atomic E-state index is 12.9. The Morgan fingerprint density at radius 2 is 0.852 bits per heavy atom. The SMILES string of the molecule is CCCCCCCCC(CCCCCC)OC(=O)CCCCCCCN(CCO)CCCCCCCOC(=O)C(CCCCCC)CCCCCCCC. The maximum absolute atomic E-state index is 12.9. The number of unbranched alkanes of at least 4 members (excludes halogenated alkanes) is 24. The number of nitrogens with zero attached hydrogens (tertiary/aromatic N) is 1. The summed E-state index contributed by atoms with van der Waals surface area (Å²) in [5.74, 6) is 0.159. The molecule has 0 aliphatic carbocycles. The molecule has 322 valence electrons. The van der Waals surface area contributed by atoms with Crippen molar-refractivity contribution in [2.45, 2.75) is 259 Å². The van der Waals surface area contributed by atoms with Crippen LogP contribution < -0.4 is 0 Å². The number of aliphatic hydroxyl groups is 1. The van der Waals surface area contributed by atoms with Gasteiger partial charge in [0.25, 0.3) is 0 Å². The standard InChI is InChI=1S/C48H95NO5/c1-5-9-13-17-21-28-36-45(35-27-15-11-7-3)48(52)53-44-34-26-20-25-33-41-49(42-43-50)40-32-24-19-23-31-39-47(51)54-46(37-29-16-12-8-4)38-30-22-18-14-10-6-2/h45-46,50H,5-44H2,1-4H3. The van der Waals surface area contributed by atoms with Crippen LogP contribution in [0.5, 0.6) is 0 Å². The van der Waals surface area contributed by atoms with Crippen molar-refractivity contribution in [3.63, 3.8) is 0 Å². The highest BCUT2D eigenvalue weighted by molar-refractivity contribution is 5.72. The Balaban J connectivity index is 4.12. The molecule has 0 saturated heterocycles. The van der Waals surface area contributed by atoms with Gasteiger partial charge in [-0.15, -0.1) is 0 Å². The quantitative estimate of drug-likeness (QED) is 0.0492. The van der Waals surface area contributed by atoms with Crippen molar-refractivity contribution < 1.29 is 24.2 Å². The van der Waals surface area contributed by atoms with E-state index in [1.165, 1.54) is 135 Å². The lowest BCUT2D eigenvalue weighted by Crippen LogP contribution is -2.29. The van der Waals surface area contributed by atoms with Crippen molar-refractivity contribution >= 4 is 11.9 Å². The highest BCUT2D eigenvalue weighted by Crippen LogP contribution is 2.21. The summed E-state index contributed by atoms with van der Waals surface area (Å²) in [5, 5.41) is 9.61. The molecule has 0 aromatic heterocycles. The molecule has 1 N–H and O–H groups in total. The Morgan fingerprint density at radius 3 is 1.33 bits per heavy atom. The zero-order valence-corrected chi connectivity index (χ0v) is 37.0.